The van der Waals surface area contributed by atoms with E-state index in [-0.39, 0.29) is 6.61 Å². The number of carbonyl (C=O) groups is 1. The molecule has 0 aliphatic heterocycles. The van der Waals surface area contributed by atoms with E-state index in [9.17, 15) is 4.79 Å². The minimum absolute atomic E-state index is 0.260. The van der Waals surface area contributed by atoms with Crippen LogP contribution in [-0.4, -0.2) is 35.6 Å². The van der Waals surface area contributed by atoms with Crippen molar-refractivity contribution >= 4 is 18.2 Å². The van der Waals surface area contributed by atoms with E-state index in [2.05, 4.69) is 4.79 Å². The Kier molecular flexibility index (Phi) is 5.37. The van der Waals surface area contributed by atoms with Crippen LogP contribution >= 0.6 is 0 Å². The lowest BCUT2D eigenvalue weighted by Crippen LogP contribution is -2.28. The van der Waals surface area contributed by atoms with Gasteiger partial charge in [0.25, 0.3) is 0 Å². The van der Waals surface area contributed by atoms with Crippen LogP contribution < -0.4 is 0 Å². The Labute approximate surface area is 99.5 Å². The molecular formula is C12H13N3O2. The normalized spacial score (nSPS) is 9.94. The summed E-state index contributed by atoms with van der Waals surface area (Å²) in [4.78, 5) is 18.8. The van der Waals surface area contributed by atoms with Gasteiger partial charge in [0.2, 0.25) is 0 Å². The van der Waals surface area contributed by atoms with Gasteiger partial charge in [-0.25, -0.2) is 5.06 Å². The first-order valence-electron chi connectivity index (χ1n) is 5.03. The molecule has 1 aromatic rings. The Morgan fingerprint density at radius 2 is 2.18 bits per heavy atom. The molecule has 1 rings (SSSR count). The van der Waals surface area contributed by atoms with E-state index in [1.807, 2.05) is 36.4 Å². The molecule has 17 heavy (non-hydrogen) atoms. The van der Waals surface area contributed by atoms with E-state index < -0.39 is 5.91 Å². The molecule has 5 nitrogen and oxygen atoms in total. The summed E-state index contributed by atoms with van der Waals surface area (Å²) < 4.78 is 0. The molecule has 0 aromatic heterocycles. The zero-order chi connectivity index (χ0) is 12.5. The monoisotopic (exact) mass is 231 g/mol. The SMILES string of the molecule is CN(OC/C=C/c1ccccc1)C(=O)C=[N+]=[N-]. The van der Waals surface area contributed by atoms with Crippen molar-refractivity contribution in [3.05, 3.63) is 47.5 Å². The van der Waals surface area contributed by atoms with Crippen molar-refractivity contribution in [2.75, 3.05) is 13.7 Å². The summed E-state index contributed by atoms with van der Waals surface area (Å²) >= 11 is 0. The van der Waals surface area contributed by atoms with Gasteiger partial charge in [-0.05, 0) is 5.56 Å². The number of benzene rings is 1. The molecule has 0 unspecified atom stereocenters. The molecule has 0 bridgehead atoms. The lowest BCUT2D eigenvalue weighted by molar-refractivity contribution is -0.168. The number of nitrogens with zero attached hydrogens (tertiary/aromatic N) is 3. The summed E-state index contributed by atoms with van der Waals surface area (Å²) in [5, 5.41) is 0.995. The molecule has 0 aliphatic carbocycles. The maximum atomic E-state index is 11.1. The largest absolute Gasteiger partial charge is 0.361 e. The fourth-order valence-electron chi connectivity index (χ4n) is 1.10. The van der Waals surface area contributed by atoms with Crippen LogP contribution in [0.4, 0.5) is 0 Å². The average Bonchev–Trinajstić information content (AvgIpc) is 2.36. The molecule has 0 heterocycles. The van der Waals surface area contributed by atoms with Crippen molar-refractivity contribution in [1.82, 2.24) is 5.06 Å². The second-order valence-corrected chi connectivity index (χ2v) is 3.19. The molecule has 1 aromatic carbocycles. The van der Waals surface area contributed by atoms with Crippen molar-refractivity contribution in [3.63, 3.8) is 0 Å². The molecule has 88 valence electrons. The molecule has 0 radical (unpaired) electrons. The molecule has 0 atom stereocenters. The minimum Gasteiger partial charge on any atom is -0.361 e. The summed E-state index contributed by atoms with van der Waals surface area (Å²) in [6, 6.07) is 9.74. The zero-order valence-electron chi connectivity index (χ0n) is 9.48. The average molecular weight is 231 g/mol. The third-order valence-electron chi connectivity index (χ3n) is 1.95. The fourth-order valence-corrected chi connectivity index (χ4v) is 1.10. The maximum absolute atomic E-state index is 11.1. The molecular weight excluding hydrogens is 218 g/mol. The Morgan fingerprint density at radius 1 is 1.47 bits per heavy atom. The van der Waals surface area contributed by atoms with Gasteiger partial charge in [0.1, 0.15) is 0 Å². The quantitative estimate of drug-likeness (QED) is 0.332. The molecule has 1 amide bonds. The van der Waals surface area contributed by atoms with Gasteiger partial charge >= 0.3 is 12.1 Å². The smallest absolute Gasteiger partial charge is 0.351 e. The van der Waals surface area contributed by atoms with Gasteiger partial charge < -0.3 is 5.53 Å². The summed E-state index contributed by atoms with van der Waals surface area (Å²) in [6.07, 6.45) is 4.44. The Morgan fingerprint density at radius 3 is 2.82 bits per heavy atom. The number of rotatable bonds is 5. The van der Waals surface area contributed by atoms with Crippen molar-refractivity contribution in [2.24, 2.45) is 0 Å². The summed E-state index contributed by atoms with van der Waals surface area (Å²) in [5.41, 5.74) is 9.22. The van der Waals surface area contributed by atoms with Crippen molar-refractivity contribution in [3.8, 4) is 0 Å². The number of amides is 1. The summed E-state index contributed by atoms with van der Waals surface area (Å²) in [5.74, 6) is -0.527. The Hall–Kier alpha value is -2.23. The highest BCUT2D eigenvalue weighted by Gasteiger charge is 2.08. The molecule has 0 spiro atoms. The summed E-state index contributed by atoms with van der Waals surface area (Å²) in [6.45, 7) is 0.260. The van der Waals surface area contributed by atoms with Crippen LogP contribution in [-0.2, 0) is 9.63 Å². The van der Waals surface area contributed by atoms with Gasteiger partial charge in [0, 0.05) is 7.05 Å². The van der Waals surface area contributed by atoms with Crippen molar-refractivity contribution in [1.29, 1.82) is 0 Å². The van der Waals surface area contributed by atoms with E-state index in [1.165, 1.54) is 7.05 Å². The highest BCUT2D eigenvalue weighted by atomic mass is 16.7. The minimum atomic E-state index is -0.527. The van der Waals surface area contributed by atoms with E-state index in [0.717, 1.165) is 16.8 Å². The van der Waals surface area contributed by atoms with Gasteiger partial charge in [-0.2, -0.15) is 4.79 Å². The van der Waals surface area contributed by atoms with Crippen LogP contribution in [0.2, 0.25) is 0 Å². The lowest BCUT2D eigenvalue weighted by Gasteiger charge is -2.10. The number of carbonyl (C=O) groups excluding carboxylic acids is 1. The van der Waals surface area contributed by atoms with Crippen LogP contribution in [0.3, 0.4) is 0 Å². The first kappa shape index (κ1) is 12.8. The Balaban J connectivity index is 2.35. The Bertz CT molecular complexity index is 436. The predicted molar refractivity (Wildman–Crippen MR) is 63.9 cm³/mol. The topological polar surface area (TPSA) is 65.9 Å². The fraction of sp³-hybridized carbons (Fsp3) is 0.167. The first-order valence-corrected chi connectivity index (χ1v) is 5.03. The summed E-state index contributed by atoms with van der Waals surface area (Å²) in [7, 11) is 1.44. The standard InChI is InChI=1S/C12H13N3O2/c1-15(12(16)10-14-13)17-9-5-8-11-6-3-2-4-7-11/h2-8,10H,9H2,1H3/b8-5+. The third kappa shape index (κ3) is 4.88. The second kappa shape index (κ2) is 7.11. The molecule has 0 saturated heterocycles. The van der Waals surface area contributed by atoms with Gasteiger partial charge in [-0.3, -0.25) is 9.63 Å². The molecule has 0 fully saturated rings. The van der Waals surface area contributed by atoms with Crippen LogP contribution in [0.15, 0.2) is 36.4 Å². The molecule has 0 saturated carbocycles. The van der Waals surface area contributed by atoms with Gasteiger partial charge in [-0.1, -0.05) is 42.5 Å². The van der Waals surface area contributed by atoms with E-state index in [1.54, 1.807) is 6.08 Å². The lowest BCUT2D eigenvalue weighted by atomic mass is 10.2. The highest BCUT2D eigenvalue weighted by Crippen LogP contribution is 2.00. The van der Waals surface area contributed by atoms with Gasteiger partial charge in [-0.15, -0.1) is 0 Å². The molecule has 0 aliphatic rings. The maximum Gasteiger partial charge on any atom is 0.351 e. The number of hydrogen-bond donors (Lipinski definition) is 0. The van der Waals surface area contributed by atoms with E-state index in [0.29, 0.717) is 0 Å². The van der Waals surface area contributed by atoms with Crippen molar-refractivity contribution in [2.45, 2.75) is 0 Å². The van der Waals surface area contributed by atoms with E-state index in [4.69, 9.17) is 10.4 Å². The van der Waals surface area contributed by atoms with Crippen LogP contribution in [0.25, 0.3) is 11.6 Å². The van der Waals surface area contributed by atoms with Crippen LogP contribution in [0.1, 0.15) is 5.56 Å². The number of hydroxylamine groups is 2. The molecule has 0 N–H and O–H groups in total. The molecule has 5 heteroatoms. The van der Waals surface area contributed by atoms with E-state index >= 15 is 0 Å². The first-order chi connectivity index (χ1) is 8.24. The number of hydrogen-bond acceptors (Lipinski definition) is 2. The third-order valence-corrected chi connectivity index (χ3v) is 1.95. The van der Waals surface area contributed by atoms with Gasteiger partial charge in [0.15, 0.2) is 0 Å². The van der Waals surface area contributed by atoms with Crippen molar-refractivity contribution < 1.29 is 14.4 Å². The van der Waals surface area contributed by atoms with Crippen LogP contribution in [0, 0.1) is 0 Å². The predicted octanol–water partition coefficient (Wildman–Crippen LogP) is 1.39. The second-order valence-electron chi connectivity index (χ2n) is 3.19. The van der Waals surface area contributed by atoms with Gasteiger partial charge in [0.05, 0.1) is 6.61 Å². The zero-order valence-corrected chi connectivity index (χ0v) is 9.48. The van der Waals surface area contributed by atoms with Crippen LogP contribution in [0.5, 0.6) is 0 Å². The highest BCUT2D eigenvalue weighted by molar-refractivity contribution is 6.23.